The van der Waals surface area contributed by atoms with Crippen LogP contribution in [0, 0.1) is 24.5 Å². The van der Waals surface area contributed by atoms with Crippen LogP contribution in [0.25, 0.3) is 0 Å². The summed E-state index contributed by atoms with van der Waals surface area (Å²) in [5, 5.41) is 3.43. The van der Waals surface area contributed by atoms with Crippen LogP contribution in [0.4, 0.5) is 8.78 Å². The number of rotatable bonds is 3. The van der Waals surface area contributed by atoms with Crippen LogP contribution < -0.4 is 5.32 Å². The van der Waals surface area contributed by atoms with Crippen molar-refractivity contribution in [2.24, 2.45) is 5.92 Å². The minimum atomic E-state index is -0.395. The molecule has 2 atom stereocenters. The van der Waals surface area contributed by atoms with Crippen LogP contribution in [-0.4, -0.2) is 12.1 Å². The summed E-state index contributed by atoms with van der Waals surface area (Å²) in [5.41, 5.74) is 0.877. The highest BCUT2D eigenvalue weighted by Crippen LogP contribution is 2.44. The normalized spacial score (nSPS) is 23.3. The second kappa shape index (κ2) is 5.20. The maximum absolute atomic E-state index is 14.1. The molecule has 0 spiro atoms. The zero-order chi connectivity index (χ0) is 14.2. The Kier molecular flexibility index (Phi) is 3.95. The van der Waals surface area contributed by atoms with E-state index in [1.165, 1.54) is 12.1 Å². The number of nitrogens with one attached hydrogen (secondary N) is 1. The van der Waals surface area contributed by atoms with Crippen molar-refractivity contribution in [1.82, 2.24) is 5.32 Å². The van der Waals surface area contributed by atoms with Crippen LogP contribution in [-0.2, 0) is 0 Å². The van der Waals surface area contributed by atoms with E-state index in [0.29, 0.717) is 17.0 Å². The molecule has 1 saturated carbocycles. The summed E-state index contributed by atoms with van der Waals surface area (Å²) < 4.78 is 28.0. The van der Waals surface area contributed by atoms with Gasteiger partial charge in [0.15, 0.2) is 0 Å². The fourth-order valence-corrected chi connectivity index (χ4v) is 2.65. The number of hydrogen-bond acceptors (Lipinski definition) is 1. The van der Waals surface area contributed by atoms with Gasteiger partial charge in [0, 0.05) is 11.1 Å². The lowest BCUT2D eigenvalue weighted by molar-refractivity contribution is 0.216. The number of aryl methyl sites for hydroxylation is 1. The van der Waals surface area contributed by atoms with Crippen LogP contribution in [0.5, 0.6) is 0 Å². The molecule has 0 heterocycles. The topological polar surface area (TPSA) is 12.0 Å². The smallest absolute Gasteiger partial charge is 0.132 e. The molecule has 1 N–H and O–H groups in total. The van der Waals surface area contributed by atoms with Crippen molar-refractivity contribution in [3.63, 3.8) is 0 Å². The molecule has 0 aliphatic heterocycles. The summed E-state index contributed by atoms with van der Waals surface area (Å²) in [7, 11) is 0. The molecule has 0 saturated heterocycles. The molecule has 1 nitrogen and oxygen atoms in total. The third kappa shape index (κ3) is 3.14. The van der Waals surface area contributed by atoms with Crippen molar-refractivity contribution in [2.45, 2.75) is 52.0 Å². The predicted octanol–water partition coefficient (Wildman–Crippen LogP) is 4.15. The molecule has 0 bridgehead atoms. The summed E-state index contributed by atoms with van der Waals surface area (Å²) in [6.07, 6.45) is 1.92. The van der Waals surface area contributed by atoms with Gasteiger partial charge in [0.1, 0.15) is 11.6 Å². The van der Waals surface area contributed by atoms with Gasteiger partial charge in [-0.3, -0.25) is 0 Å². The lowest BCUT2D eigenvalue weighted by Crippen LogP contribution is -2.43. The monoisotopic (exact) mass is 267 g/mol. The van der Waals surface area contributed by atoms with E-state index in [4.69, 9.17) is 0 Å². The minimum absolute atomic E-state index is 0.0229. The highest BCUT2D eigenvalue weighted by molar-refractivity contribution is 5.31. The molecule has 1 aromatic carbocycles. The zero-order valence-electron chi connectivity index (χ0n) is 12.2. The van der Waals surface area contributed by atoms with Gasteiger partial charge in [0.25, 0.3) is 0 Å². The zero-order valence-corrected chi connectivity index (χ0v) is 12.2. The molecule has 2 rings (SSSR count). The first kappa shape index (κ1) is 14.4. The maximum Gasteiger partial charge on any atom is 0.132 e. The molecule has 1 aromatic rings. The van der Waals surface area contributed by atoms with Crippen LogP contribution in [0.1, 0.15) is 50.7 Å². The van der Waals surface area contributed by atoms with E-state index >= 15 is 0 Å². The molecule has 0 radical (unpaired) electrons. The SMILES string of the molecule is Cc1ccc(F)c(C2CCC2CNC(C)(C)C)c1F. The van der Waals surface area contributed by atoms with Gasteiger partial charge in [-0.05, 0) is 70.5 Å². The number of benzene rings is 1. The van der Waals surface area contributed by atoms with E-state index in [0.717, 1.165) is 19.4 Å². The van der Waals surface area contributed by atoms with E-state index in [2.05, 4.69) is 26.1 Å². The molecule has 1 fully saturated rings. The van der Waals surface area contributed by atoms with Crippen molar-refractivity contribution in [3.05, 3.63) is 34.9 Å². The van der Waals surface area contributed by atoms with Crippen molar-refractivity contribution >= 4 is 0 Å². The van der Waals surface area contributed by atoms with Crippen LogP contribution in [0.15, 0.2) is 12.1 Å². The molecule has 0 amide bonds. The van der Waals surface area contributed by atoms with E-state index in [1.807, 2.05) is 0 Å². The largest absolute Gasteiger partial charge is 0.312 e. The van der Waals surface area contributed by atoms with Crippen molar-refractivity contribution < 1.29 is 8.78 Å². The fraction of sp³-hybridized carbons (Fsp3) is 0.625. The quantitative estimate of drug-likeness (QED) is 0.867. The predicted molar refractivity (Wildman–Crippen MR) is 74.3 cm³/mol. The first-order valence-electron chi connectivity index (χ1n) is 6.99. The summed E-state index contributed by atoms with van der Waals surface area (Å²) >= 11 is 0. The first-order valence-corrected chi connectivity index (χ1v) is 6.99. The van der Waals surface area contributed by atoms with Gasteiger partial charge in [-0.25, -0.2) is 8.78 Å². The van der Waals surface area contributed by atoms with Gasteiger partial charge in [0.2, 0.25) is 0 Å². The van der Waals surface area contributed by atoms with Gasteiger partial charge in [-0.2, -0.15) is 0 Å². The van der Waals surface area contributed by atoms with Gasteiger partial charge >= 0.3 is 0 Å². The standard InChI is InChI=1S/C16H23F2N/c1-10-5-8-13(17)14(15(10)18)12-7-6-11(12)9-19-16(2,3)4/h5,8,11-12,19H,6-7,9H2,1-4H3. The number of hydrogen-bond donors (Lipinski definition) is 1. The maximum atomic E-state index is 14.1. The highest BCUT2D eigenvalue weighted by Gasteiger charge is 2.36. The summed E-state index contributed by atoms with van der Waals surface area (Å²) in [6.45, 7) is 8.83. The second-order valence-electron chi connectivity index (χ2n) is 6.67. The van der Waals surface area contributed by atoms with Crippen LogP contribution >= 0.6 is 0 Å². The van der Waals surface area contributed by atoms with Crippen molar-refractivity contribution in [1.29, 1.82) is 0 Å². The third-order valence-corrected chi connectivity index (χ3v) is 4.00. The summed E-state index contributed by atoms with van der Waals surface area (Å²) in [5.74, 6) is -0.390. The lowest BCUT2D eigenvalue weighted by atomic mass is 9.69. The average Bonchev–Trinajstić information content (AvgIpc) is 2.26. The van der Waals surface area contributed by atoms with Crippen LogP contribution in [0.3, 0.4) is 0 Å². The summed E-state index contributed by atoms with van der Waals surface area (Å²) in [6, 6.07) is 2.90. The molecule has 3 heteroatoms. The molecule has 106 valence electrons. The molecular formula is C16H23F2N. The minimum Gasteiger partial charge on any atom is -0.312 e. The fourth-order valence-electron chi connectivity index (χ4n) is 2.65. The molecule has 1 aliphatic rings. The Morgan fingerprint density at radius 3 is 2.42 bits per heavy atom. The molecule has 2 unspecified atom stereocenters. The van der Waals surface area contributed by atoms with Gasteiger partial charge in [0.05, 0.1) is 0 Å². The van der Waals surface area contributed by atoms with Crippen LogP contribution in [0.2, 0.25) is 0 Å². The van der Waals surface area contributed by atoms with E-state index in [-0.39, 0.29) is 17.3 Å². The van der Waals surface area contributed by atoms with E-state index < -0.39 is 5.82 Å². The Labute approximate surface area is 114 Å². The molecule has 19 heavy (non-hydrogen) atoms. The molecular weight excluding hydrogens is 244 g/mol. The Bertz CT molecular complexity index is 463. The molecule has 0 aromatic heterocycles. The highest BCUT2D eigenvalue weighted by atomic mass is 19.1. The first-order chi connectivity index (χ1) is 8.79. The van der Waals surface area contributed by atoms with Gasteiger partial charge < -0.3 is 5.32 Å². The van der Waals surface area contributed by atoms with Crippen molar-refractivity contribution in [3.8, 4) is 0 Å². The Morgan fingerprint density at radius 1 is 1.21 bits per heavy atom. The Balaban J connectivity index is 2.13. The second-order valence-corrected chi connectivity index (χ2v) is 6.67. The Morgan fingerprint density at radius 2 is 1.89 bits per heavy atom. The van der Waals surface area contributed by atoms with Gasteiger partial charge in [-0.15, -0.1) is 0 Å². The Hall–Kier alpha value is -0.960. The van der Waals surface area contributed by atoms with Crippen molar-refractivity contribution in [2.75, 3.05) is 6.54 Å². The average molecular weight is 267 g/mol. The molecule has 1 aliphatic carbocycles. The lowest BCUT2D eigenvalue weighted by Gasteiger charge is -2.39. The third-order valence-electron chi connectivity index (χ3n) is 4.00. The van der Waals surface area contributed by atoms with E-state index in [9.17, 15) is 8.78 Å². The number of halogens is 2. The van der Waals surface area contributed by atoms with E-state index in [1.54, 1.807) is 6.92 Å². The summed E-state index contributed by atoms with van der Waals surface area (Å²) in [4.78, 5) is 0. The van der Waals surface area contributed by atoms with Gasteiger partial charge in [-0.1, -0.05) is 6.07 Å².